The molecule has 3 rings (SSSR count). The summed E-state index contributed by atoms with van der Waals surface area (Å²) in [5, 5.41) is 23.8. The van der Waals surface area contributed by atoms with Gasteiger partial charge in [-0.3, -0.25) is 4.72 Å². The maximum Gasteiger partial charge on any atom is 0.416 e. The van der Waals surface area contributed by atoms with Gasteiger partial charge in [0.2, 0.25) is 10.0 Å². The van der Waals surface area contributed by atoms with Gasteiger partial charge in [-0.1, -0.05) is 36.4 Å². The molecule has 3 aromatic carbocycles. The number of hydrogen-bond donors (Lipinski definition) is 4. The van der Waals surface area contributed by atoms with Crippen LogP contribution in [0, 0.1) is 0 Å². The Morgan fingerprint density at radius 3 is 2.28 bits per heavy atom. The average Bonchev–Trinajstić information content (AvgIpc) is 2.82. The number of aromatic hydroxyl groups is 1. The van der Waals surface area contributed by atoms with Crippen molar-refractivity contribution in [2.24, 2.45) is 0 Å². The molecular weight excluding hydrogens is 497 g/mol. The van der Waals surface area contributed by atoms with Crippen LogP contribution < -0.4 is 14.8 Å². The fraction of sp³-hybridized carbons (Fsp3) is 0.280. The second-order valence-corrected chi connectivity index (χ2v) is 10.1. The number of phenols is 1. The molecule has 0 aliphatic heterocycles. The third-order valence-corrected chi connectivity index (χ3v) is 6.06. The van der Waals surface area contributed by atoms with E-state index in [1.165, 1.54) is 31.4 Å². The first-order chi connectivity index (χ1) is 16.9. The number of benzene rings is 3. The van der Waals surface area contributed by atoms with Crippen LogP contribution in [0.5, 0.6) is 11.5 Å². The zero-order valence-corrected chi connectivity index (χ0v) is 20.4. The highest BCUT2D eigenvalue weighted by Gasteiger charge is 2.30. The lowest BCUT2D eigenvalue weighted by Crippen LogP contribution is -2.28. The highest BCUT2D eigenvalue weighted by Crippen LogP contribution is 2.31. The molecule has 0 heterocycles. The molecule has 36 heavy (non-hydrogen) atoms. The lowest BCUT2D eigenvalue weighted by Gasteiger charge is -2.23. The second-order valence-electron chi connectivity index (χ2n) is 8.30. The summed E-state index contributed by atoms with van der Waals surface area (Å²) < 4.78 is 70.0. The standard InChI is InChI=1S/C25H27F3N2O5S/c1-35-20-9-6-17(7-10-20)21(13-16-4-3-5-19(12-16)25(26,27)28)29-15-24(32)18-8-11-23(31)22(14-18)30-36(2,33)34/h3-12,14,21,24,29-32H,13,15H2,1-2H3. The van der Waals surface area contributed by atoms with Crippen LogP contribution in [0.1, 0.15) is 34.4 Å². The van der Waals surface area contributed by atoms with E-state index in [2.05, 4.69) is 10.0 Å². The van der Waals surface area contributed by atoms with Crippen molar-refractivity contribution in [2.45, 2.75) is 24.7 Å². The molecule has 2 atom stereocenters. The summed E-state index contributed by atoms with van der Waals surface area (Å²) in [5.74, 6) is 0.316. The van der Waals surface area contributed by atoms with Gasteiger partial charge in [0.05, 0.1) is 30.7 Å². The lowest BCUT2D eigenvalue weighted by atomic mass is 9.97. The molecule has 0 aromatic heterocycles. The monoisotopic (exact) mass is 524 g/mol. The number of rotatable bonds is 10. The number of hydrogen-bond acceptors (Lipinski definition) is 6. The summed E-state index contributed by atoms with van der Waals surface area (Å²) in [6, 6.07) is 15.7. The van der Waals surface area contributed by atoms with Crippen LogP contribution in [0.25, 0.3) is 0 Å². The van der Waals surface area contributed by atoms with E-state index in [0.717, 1.165) is 24.0 Å². The zero-order valence-electron chi connectivity index (χ0n) is 19.6. The number of halogens is 3. The average molecular weight is 525 g/mol. The zero-order chi connectivity index (χ0) is 26.5. The summed E-state index contributed by atoms with van der Waals surface area (Å²) in [6.07, 6.45) is -4.43. The largest absolute Gasteiger partial charge is 0.506 e. The molecule has 194 valence electrons. The van der Waals surface area contributed by atoms with Gasteiger partial charge in [0.1, 0.15) is 11.5 Å². The van der Waals surface area contributed by atoms with Gasteiger partial charge in [0.25, 0.3) is 0 Å². The Bertz CT molecular complexity index is 1280. The molecule has 0 aliphatic carbocycles. The van der Waals surface area contributed by atoms with Gasteiger partial charge in [-0.05, 0) is 53.4 Å². The van der Waals surface area contributed by atoms with E-state index in [0.29, 0.717) is 16.9 Å². The maximum atomic E-state index is 13.2. The SMILES string of the molecule is COc1ccc(C(Cc2cccc(C(F)(F)F)c2)NCC(O)c2ccc(O)c(NS(C)(=O)=O)c2)cc1. The van der Waals surface area contributed by atoms with Gasteiger partial charge in [0.15, 0.2) is 0 Å². The highest BCUT2D eigenvalue weighted by molar-refractivity contribution is 7.92. The van der Waals surface area contributed by atoms with Crippen LogP contribution in [-0.2, 0) is 22.6 Å². The van der Waals surface area contributed by atoms with Crippen molar-refractivity contribution in [2.75, 3.05) is 24.6 Å². The van der Waals surface area contributed by atoms with Gasteiger partial charge in [-0.2, -0.15) is 13.2 Å². The van der Waals surface area contributed by atoms with Crippen LogP contribution in [0.3, 0.4) is 0 Å². The molecule has 11 heteroatoms. The van der Waals surface area contributed by atoms with Crippen LogP contribution >= 0.6 is 0 Å². The molecular formula is C25H27F3N2O5S. The molecule has 3 aromatic rings. The number of methoxy groups -OCH3 is 1. The Morgan fingerprint density at radius 2 is 1.67 bits per heavy atom. The first-order valence-corrected chi connectivity index (χ1v) is 12.8. The lowest BCUT2D eigenvalue weighted by molar-refractivity contribution is -0.137. The molecule has 0 bridgehead atoms. The van der Waals surface area contributed by atoms with E-state index in [4.69, 9.17) is 4.74 Å². The van der Waals surface area contributed by atoms with E-state index < -0.39 is 33.9 Å². The topological polar surface area (TPSA) is 108 Å². The predicted molar refractivity (Wildman–Crippen MR) is 130 cm³/mol. The van der Waals surface area contributed by atoms with Crippen LogP contribution in [0.4, 0.5) is 18.9 Å². The van der Waals surface area contributed by atoms with Gasteiger partial charge in [0, 0.05) is 12.6 Å². The van der Waals surface area contributed by atoms with Gasteiger partial charge >= 0.3 is 6.18 Å². The van der Waals surface area contributed by atoms with Crippen molar-refractivity contribution in [3.63, 3.8) is 0 Å². The number of aliphatic hydroxyl groups is 1. The van der Waals surface area contributed by atoms with E-state index >= 15 is 0 Å². The fourth-order valence-electron chi connectivity index (χ4n) is 3.67. The highest BCUT2D eigenvalue weighted by atomic mass is 32.2. The van der Waals surface area contributed by atoms with Gasteiger partial charge in [-0.15, -0.1) is 0 Å². The molecule has 0 spiro atoms. The normalized spacial score (nSPS) is 13.7. The minimum atomic E-state index is -4.47. The number of sulfonamides is 1. The third-order valence-electron chi connectivity index (χ3n) is 5.47. The predicted octanol–water partition coefficient (Wildman–Crippen LogP) is 4.40. The second kappa shape index (κ2) is 11.2. The summed E-state index contributed by atoms with van der Waals surface area (Å²) >= 11 is 0. The van der Waals surface area contributed by atoms with Crippen molar-refractivity contribution in [3.8, 4) is 11.5 Å². The Kier molecular flexibility index (Phi) is 8.49. The molecule has 0 saturated heterocycles. The van der Waals surface area contributed by atoms with Gasteiger partial charge < -0.3 is 20.3 Å². The number of ether oxygens (including phenoxy) is 1. The molecule has 0 radical (unpaired) electrons. The number of anilines is 1. The van der Waals surface area contributed by atoms with E-state index in [1.54, 1.807) is 30.3 Å². The summed E-state index contributed by atoms with van der Waals surface area (Å²) in [6.45, 7) is -0.00124. The quantitative estimate of drug-likeness (QED) is 0.293. The molecule has 2 unspecified atom stereocenters. The summed E-state index contributed by atoms with van der Waals surface area (Å²) in [7, 11) is -2.13. The van der Waals surface area contributed by atoms with Crippen LogP contribution in [-0.4, -0.2) is 38.5 Å². The fourth-order valence-corrected chi connectivity index (χ4v) is 4.23. The molecule has 0 fully saturated rings. The van der Waals surface area contributed by atoms with E-state index in [9.17, 15) is 31.8 Å². The Morgan fingerprint density at radius 1 is 1.00 bits per heavy atom. The first kappa shape index (κ1) is 27.3. The van der Waals surface area contributed by atoms with Gasteiger partial charge in [-0.25, -0.2) is 8.42 Å². The van der Waals surface area contributed by atoms with Crippen molar-refractivity contribution in [1.29, 1.82) is 0 Å². The summed E-state index contributed by atoms with van der Waals surface area (Å²) in [5.41, 5.74) is 0.731. The van der Waals surface area contributed by atoms with E-state index in [-0.39, 0.29) is 24.4 Å². The number of aliphatic hydroxyl groups excluding tert-OH is 1. The number of phenolic OH excluding ortho intramolecular Hbond substituents is 1. The smallest absolute Gasteiger partial charge is 0.416 e. The number of nitrogens with one attached hydrogen (secondary N) is 2. The van der Waals surface area contributed by atoms with Crippen molar-refractivity contribution >= 4 is 15.7 Å². The third kappa shape index (κ3) is 7.61. The molecule has 4 N–H and O–H groups in total. The summed E-state index contributed by atoms with van der Waals surface area (Å²) in [4.78, 5) is 0. The van der Waals surface area contributed by atoms with Crippen molar-refractivity contribution < 1.29 is 36.5 Å². The molecule has 7 nitrogen and oxygen atoms in total. The molecule has 0 aliphatic rings. The Balaban J connectivity index is 1.82. The minimum Gasteiger partial charge on any atom is -0.506 e. The molecule has 0 saturated carbocycles. The molecule has 0 amide bonds. The Labute approximate surface area is 207 Å². The van der Waals surface area contributed by atoms with Crippen LogP contribution in [0.15, 0.2) is 66.7 Å². The Hall–Kier alpha value is -3.28. The number of alkyl halides is 3. The van der Waals surface area contributed by atoms with Crippen molar-refractivity contribution in [3.05, 3.63) is 89.0 Å². The minimum absolute atomic E-state index is 0.00124. The first-order valence-electron chi connectivity index (χ1n) is 10.9. The van der Waals surface area contributed by atoms with E-state index in [1.807, 2.05) is 0 Å². The van der Waals surface area contributed by atoms with Crippen molar-refractivity contribution in [1.82, 2.24) is 5.32 Å². The van der Waals surface area contributed by atoms with Crippen LogP contribution in [0.2, 0.25) is 0 Å². The maximum absolute atomic E-state index is 13.2.